The topological polar surface area (TPSA) is 53.8 Å². The summed E-state index contributed by atoms with van der Waals surface area (Å²) in [6, 6.07) is 19.0. The summed E-state index contributed by atoms with van der Waals surface area (Å²) in [5, 5.41) is 0. The minimum Gasteiger partial charge on any atom is -0.440 e. The lowest BCUT2D eigenvalue weighted by Gasteiger charge is -2.45. The average molecular weight is 446 g/mol. The largest absolute Gasteiger partial charge is 0.440 e. The zero-order chi connectivity index (χ0) is 22.4. The normalized spacial score (nSPS) is 23.2. The number of benzene rings is 2. The van der Waals surface area contributed by atoms with Crippen molar-refractivity contribution in [1.82, 2.24) is 24.3 Å². The molecule has 1 aromatic heterocycles. The highest BCUT2D eigenvalue weighted by atomic mass is 16.6. The molecule has 3 aliphatic heterocycles. The number of imidazole rings is 1. The molecule has 0 saturated carbocycles. The van der Waals surface area contributed by atoms with E-state index >= 15 is 0 Å². The lowest BCUT2D eigenvalue weighted by molar-refractivity contribution is -0.0373. The summed E-state index contributed by atoms with van der Waals surface area (Å²) in [5.74, 6) is 1.09. The smallest absolute Gasteiger partial charge is 0.410 e. The number of piperazine rings is 1. The van der Waals surface area contributed by atoms with Crippen molar-refractivity contribution in [3.63, 3.8) is 0 Å². The van der Waals surface area contributed by atoms with E-state index in [4.69, 9.17) is 9.72 Å². The van der Waals surface area contributed by atoms with Gasteiger partial charge in [0, 0.05) is 59.2 Å². The van der Waals surface area contributed by atoms with E-state index in [9.17, 15) is 4.79 Å². The molecule has 6 rings (SSSR count). The Bertz CT molecular complexity index is 1150. The lowest BCUT2D eigenvalue weighted by atomic mass is 9.83. The third kappa shape index (κ3) is 3.69. The van der Waals surface area contributed by atoms with Gasteiger partial charge in [0.2, 0.25) is 0 Å². The molecular weight excluding hydrogens is 414 g/mol. The van der Waals surface area contributed by atoms with Crippen LogP contribution in [0.15, 0.2) is 54.6 Å². The number of carbonyl (C=O) groups is 1. The monoisotopic (exact) mass is 445 g/mol. The van der Waals surface area contributed by atoms with E-state index in [1.807, 2.05) is 11.0 Å². The number of likely N-dealkylation sites (tertiary alicyclic amines) is 1. The molecule has 4 heterocycles. The summed E-state index contributed by atoms with van der Waals surface area (Å²) in [6.45, 7) is 6.11. The molecule has 1 atom stereocenters. The number of piperidine rings is 1. The van der Waals surface area contributed by atoms with Crippen molar-refractivity contribution in [3.05, 3.63) is 66.0 Å². The molecule has 7 nitrogen and oxygen atoms in total. The second-order valence-electron chi connectivity index (χ2n) is 9.71. The SMILES string of the molecule is Cn1c(CN2CCC3(CC2)OC(=O)N2CCN(Cc4ccccc4)CC23)nc2ccccc21. The Hall–Kier alpha value is -2.90. The van der Waals surface area contributed by atoms with Crippen molar-refractivity contribution in [2.45, 2.75) is 37.6 Å². The van der Waals surface area contributed by atoms with E-state index in [1.54, 1.807) is 0 Å². The van der Waals surface area contributed by atoms with Gasteiger partial charge < -0.3 is 9.30 Å². The van der Waals surface area contributed by atoms with Crippen LogP contribution in [-0.4, -0.2) is 74.7 Å². The lowest BCUT2D eigenvalue weighted by Crippen LogP contribution is -2.60. The summed E-state index contributed by atoms with van der Waals surface area (Å²) < 4.78 is 8.31. The maximum atomic E-state index is 12.7. The van der Waals surface area contributed by atoms with Crippen LogP contribution in [0.1, 0.15) is 24.2 Å². The molecule has 0 N–H and O–H groups in total. The van der Waals surface area contributed by atoms with Gasteiger partial charge in [-0.15, -0.1) is 0 Å². The summed E-state index contributed by atoms with van der Waals surface area (Å²) in [4.78, 5) is 24.5. The van der Waals surface area contributed by atoms with Crippen molar-refractivity contribution in [1.29, 1.82) is 0 Å². The number of para-hydroxylation sites is 2. The van der Waals surface area contributed by atoms with Crippen LogP contribution in [0.5, 0.6) is 0 Å². The molecule has 33 heavy (non-hydrogen) atoms. The maximum Gasteiger partial charge on any atom is 0.410 e. The van der Waals surface area contributed by atoms with Gasteiger partial charge in [0.1, 0.15) is 11.4 Å². The van der Waals surface area contributed by atoms with Gasteiger partial charge in [0.25, 0.3) is 0 Å². The van der Waals surface area contributed by atoms with E-state index in [0.29, 0.717) is 0 Å². The molecule has 0 radical (unpaired) electrons. The fourth-order valence-electron chi connectivity index (χ4n) is 5.86. The van der Waals surface area contributed by atoms with Crippen molar-refractivity contribution in [3.8, 4) is 0 Å². The molecule has 3 aromatic rings. The van der Waals surface area contributed by atoms with Gasteiger partial charge >= 0.3 is 6.09 Å². The Morgan fingerprint density at radius 2 is 1.70 bits per heavy atom. The number of hydrogen-bond acceptors (Lipinski definition) is 5. The first kappa shape index (κ1) is 20.7. The highest BCUT2D eigenvalue weighted by Crippen LogP contribution is 2.40. The number of ether oxygens (including phenoxy) is 1. The maximum absolute atomic E-state index is 12.7. The highest BCUT2D eigenvalue weighted by Gasteiger charge is 2.56. The minimum atomic E-state index is -0.366. The van der Waals surface area contributed by atoms with E-state index in [-0.39, 0.29) is 17.7 Å². The zero-order valence-electron chi connectivity index (χ0n) is 19.2. The van der Waals surface area contributed by atoms with Gasteiger partial charge in [-0.2, -0.15) is 0 Å². The number of fused-ring (bicyclic) bond motifs is 3. The zero-order valence-corrected chi connectivity index (χ0v) is 19.2. The van der Waals surface area contributed by atoms with Crippen LogP contribution in [0.4, 0.5) is 4.79 Å². The molecule has 0 bridgehead atoms. The number of hydrogen-bond donors (Lipinski definition) is 0. The summed E-state index contributed by atoms with van der Waals surface area (Å²) >= 11 is 0. The van der Waals surface area contributed by atoms with Gasteiger partial charge in [-0.25, -0.2) is 9.78 Å². The quantitative estimate of drug-likeness (QED) is 0.617. The fourth-order valence-corrected chi connectivity index (χ4v) is 5.86. The van der Waals surface area contributed by atoms with Crippen molar-refractivity contribution in [2.75, 3.05) is 32.7 Å². The van der Waals surface area contributed by atoms with Crippen LogP contribution in [0.25, 0.3) is 11.0 Å². The van der Waals surface area contributed by atoms with Crippen molar-refractivity contribution < 1.29 is 9.53 Å². The van der Waals surface area contributed by atoms with Gasteiger partial charge in [0.15, 0.2) is 0 Å². The molecule has 3 fully saturated rings. The molecule has 1 spiro atoms. The molecule has 3 aliphatic rings. The molecule has 1 unspecified atom stereocenters. The molecule has 3 saturated heterocycles. The van der Waals surface area contributed by atoms with Gasteiger partial charge in [-0.1, -0.05) is 42.5 Å². The summed E-state index contributed by atoms with van der Waals surface area (Å²) in [7, 11) is 2.09. The first-order chi connectivity index (χ1) is 16.1. The summed E-state index contributed by atoms with van der Waals surface area (Å²) in [5.41, 5.74) is 3.17. The van der Waals surface area contributed by atoms with Gasteiger partial charge in [-0.3, -0.25) is 14.7 Å². The van der Waals surface area contributed by atoms with E-state index in [2.05, 4.69) is 69.9 Å². The summed E-state index contributed by atoms with van der Waals surface area (Å²) in [6.07, 6.45) is 1.63. The first-order valence-electron chi connectivity index (χ1n) is 12.0. The molecule has 7 heteroatoms. The molecule has 0 aliphatic carbocycles. The molecule has 1 amide bonds. The average Bonchev–Trinajstić information content (AvgIpc) is 3.30. The predicted molar refractivity (Wildman–Crippen MR) is 127 cm³/mol. The fraction of sp³-hybridized carbons (Fsp3) is 0.462. The van der Waals surface area contributed by atoms with Crippen LogP contribution >= 0.6 is 0 Å². The van der Waals surface area contributed by atoms with Gasteiger partial charge in [0.05, 0.1) is 23.6 Å². The molecule has 2 aromatic carbocycles. The standard InChI is InChI=1S/C26H31N5O2/c1-28-22-10-6-5-9-21(22)27-24(28)19-29-13-11-26(12-14-29)23-18-30(15-16-31(23)25(32)33-26)17-20-7-3-2-4-8-20/h2-10,23H,11-19H2,1H3. The molecular formula is C26H31N5O2. The van der Waals surface area contributed by atoms with E-state index < -0.39 is 0 Å². The van der Waals surface area contributed by atoms with Crippen molar-refractivity contribution in [2.24, 2.45) is 7.05 Å². The third-order valence-electron chi connectivity index (χ3n) is 7.79. The number of rotatable bonds is 4. The Kier molecular flexibility index (Phi) is 5.11. The van der Waals surface area contributed by atoms with Crippen LogP contribution in [0, 0.1) is 0 Å². The first-order valence-corrected chi connectivity index (χ1v) is 12.0. The second kappa shape index (κ2) is 8.15. The molecule has 172 valence electrons. The number of carbonyl (C=O) groups excluding carboxylic acids is 1. The van der Waals surface area contributed by atoms with Crippen LogP contribution in [-0.2, 0) is 24.9 Å². The number of nitrogens with zero attached hydrogens (tertiary/aromatic N) is 5. The van der Waals surface area contributed by atoms with Gasteiger partial charge in [-0.05, 0) is 17.7 Å². The number of amides is 1. The van der Waals surface area contributed by atoms with Crippen molar-refractivity contribution >= 4 is 17.1 Å². The Morgan fingerprint density at radius 1 is 0.939 bits per heavy atom. The third-order valence-corrected chi connectivity index (χ3v) is 7.79. The van der Waals surface area contributed by atoms with Crippen LogP contribution in [0.2, 0.25) is 0 Å². The predicted octanol–water partition coefficient (Wildman–Crippen LogP) is 3.24. The van der Waals surface area contributed by atoms with E-state index in [0.717, 1.165) is 70.0 Å². The number of aryl methyl sites for hydroxylation is 1. The van der Waals surface area contributed by atoms with Crippen LogP contribution in [0.3, 0.4) is 0 Å². The Balaban J connectivity index is 1.14. The number of aromatic nitrogens is 2. The minimum absolute atomic E-state index is 0.122. The second-order valence-corrected chi connectivity index (χ2v) is 9.71. The highest BCUT2D eigenvalue weighted by molar-refractivity contribution is 5.75. The van der Waals surface area contributed by atoms with Crippen LogP contribution < -0.4 is 0 Å². The Labute approximate surface area is 194 Å². The Morgan fingerprint density at radius 3 is 2.48 bits per heavy atom. The van der Waals surface area contributed by atoms with E-state index in [1.165, 1.54) is 11.1 Å².